The molecule has 1 heterocycles. The summed E-state index contributed by atoms with van der Waals surface area (Å²) in [4.78, 5) is 0. The Labute approximate surface area is 63.0 Å². The molecule has 0 aromatic heterocycles. The van der Waals surface area contributed by atoms with E-state index >= 15 is 0 Å². The lowest BCUT2D eigenvalue weighted by Gasteiger charge is -2.35. The van der Waals surface area contributed by atoms with Crippen molar-refractivity contribution in [3.63, 3.8) is 0 Å². The second-order valence-electron chi connectivity index (χ2n) is 3.61. The fourth-order valence-corrected chi connectivity index (χ4v) is 1.09. The lowest BCUT2D eigenvalue weighted by Crippen LogP contribution is -2.53. The molecule has 1 N–H and O–H groups in total. The molecule has 0 saturated carbocycles. The van der Waals surface area contributed by atoms with Crippen molar-refractivity contribution >= 4 is 0 Å². The number of hydrogen-bond acceptors (Lipinski definition) is 2. The monoisotopic (exact) mass is 143 g/mol. The van der Waals surface area contributed by atoms with Crippen LogP contribution in [0, 0.1) is 0 Å². The maximum Gasteiger partial charge on any atom is 0.0698 e. The zero-order chi connectivity index (χ0) is 7.61. The number of ether oxygens (including phenoxy) is 1. The maximum absolute atomic E-state index is 5.58. The van der Waals surface area contributed by atoms with Crippen molar-refractivity contribution in [1.29, 1.82) is 0 Å². The summed E-state index contributed by atoms with van der Waals surface area (Å²) < 4.78 is 5.58. The summed E-state index contributed by atoms with van der Waals surface area (Å²) in [6.07, 6.45) is 1.55. The molecule has 0 aromatic rings. The van der Waals surface area contributed by atoms with Gasteiger partial charge in [-0.2, -0.15) is 0 Å². The summed E-state index contributed by atoms with van der Waals surface area (Å²) in [7, 11) is 0. The molecule has 0 aromatic carbocycles. The van der Waals surface area contributed by atoms with Gasteiger partial charge in [-0.05, 0) is 20.3 Å². The molecule has 1 aliphatic heterocycles. The lowest BCUT2D eigenvalue weighted by molar-refractivity contribution is -0.0226. The van der Waals surface area contributed by atoms with Gasteiger partial charge < -0.3 is 10.1 Å². The van der Waals surface area contributed by atoms with E-state index in [0.29, 0.717) is 6.10 Å². The van der Waals surface area contributed by atoms with Crippen molar-refractivity contribution < 1.29 is 4.74 Å². The van der Waals surface area contributed by atoms with Crippen LogP contribution in [0.15, 0.2) is 0 Å². The van der Waals surface area contributed by atoms with Gasteiger partial charge in [0.15, 0.2) is 0 Å². The van der Waals surface area contributed by atoms with Crippen LogP contribution in [0.3, 0.4) is 0 Å². The predicted molar refractivity (Wildman–Crippen MR) is 42.1 cm³/mol. The summed E-state index contributed by atoms with van der Waals surface area (Å²) in [6, 6.07) is 0. The molecule has 1 unspecified atom stereocenters. The van der Waals surface area contributed by atoms with Crippen LogP contribution in [-0.2, 0) is 4.74 Å². The largest absolute Gasteiger partial charge is 0.375 e. The van der Waals surface area contributed by atoms with Gasteiger partial charge in [-0.15, -0.1) is 0 Å². The van der Waals surface area contributed by atoms with Crippen molar-refractivity contribution in [2.75, 3.05) is 13.2 Å². The molecule has 1 fully saturated rings. The van der Waals surface area contributed by atoms with Gasteiger partial charge in [0.25, 0.3) is 0 Å². The minimum absolute atomic E-state index is 0.186. The first kappa shape index (κ1) is 8.02. The minimum atomic E-state index is 0.186. The van der Waals surface area contributed by atoms with Crippen molar-refractivity contribution in [1.82, 2.24) is 5.32 Å². The Morgan fingerprint density at radius 3 is 2.70 bits per heavy atom. The first-order valence-electron chi connectivity index (χ1n) is 4.01. The Bertz CT molecular complexity index is 102. The van der Waals surface area contributed by atoms with Gasteiger partial charge in [0, 0.05) is 12.1 Å². The van der Waals surface area contributed by atoms with Crippen LogP contribution in [0.1, 0.15) is 27.2 Å². The molecule has 2 nitrogen and oxygen atoms in total. The molecule has 0 aliphatic carbocycles. The third kappa shape index (κ3) is 1.96. The van der Waals surface area contributed by atoms with E-state index < -0.39 is 0 Å². The van der Waals surface area contributed by atoms with Crippen LogP contribution in [0.5, 0.6) is 0 Å². The Balaban J connectivity index is 2.31. The highest BCUT2D eigenvalue weighted by Gasteiger charge is 2.25. The third-order valence-corrected chi connectivity index (χ3v) is 1.94. The van der Waals surface area contributed by atoms with Crippen LogP contribution in [0.4, 0.5) is 0 Å². The van der Waals surface area contributed by atoms with Crippen LogP contribution in [-0.4, -0.2) is 24.8 Å². The molecular formula is C8H17NO. The molecule has 1 atom stereocenters. The highest BCUT2D eigenvalue weighted by molar-refractivity contribution is 4.83. The number of morpholine rings is 1. The van der Waals surface area contributed by atoms with E-state index in [2.05, 4.69) is 26.1 Å². The topological polar surface area (TPSA) is 21.3 Å². The smallest absolute Gasteiger partial charge is 0.0698 e. The standard InChI is InChI=1S/C8H17NO/c1-4-7-5-9-8(2,3)6-10-7/h7,9H,4-6H2,1-3H3. The maximum atomic E-state index is 5.58. The highest BCUT2D eigenvalue weighted by Crippen LogP contribution is 2.12. The number of rotatable bonds is 1. The van der Waals surface area contributed by atoms with Crippen LogP contribution < -0.4 is 5.32 Å². The molecule has 0 radical (unpaired) electrons. The van der Waals surface area contributed by atoms with Gasteiger partial charge in [0.1, 0.15) is 0 Å². The van der Waals surface area contributed by atoms with Crippen molar-refractivity contribution in [2.45, 2.75) is 38.8 Å². The van der Waals surface area contributed by atoms with E-state index in [9.17, 15) is 0 Å². The number of nitrogens with one attached hydrogen (secondary N) is 1. The summed E-state index contributed by atoms with van der Waals surface area (Å²) in [5, 5.41) is 3.43. The summed E-state index contributed by atoms with van der Waals surface area (Å²) in [6.45, 7) is 8.33. The van der Waals surface area contributed by atoms with Gasteiger partial charge in [0.2, 0.25) is 0 Å². The average Bonchev–Trinajstić information content (AvgIpc) is 1.88. The van der Waals surface area contributed by atoms with E-state index in [1.165, 1.54) is 0 Å². The Hall–Kier alpha value is -0.0800. The van der Waals surface area contributed by atoms with Crippen LogP contribution in [0.2, 0.25) is 0 Å². The minimum Gasteiger partial charge on any atom is -0.375 e. The molecule has 1 saturated heterocycles. The molecule has 1 rings (SSSR count). The molecule has 2 heteroatoms. The van der Waals surface area contributed by atoms with E-state index in [1.807, 2.05) is 0 Å². The van der Waals surface area contributed by atoms with Crippen molar-refractivity contribution in [3.8, 4) is 0 Å². The molecule has 0 spiro atoms. The SMILES string of the molecule is CCC1CNC(C)(C)CO1. The average molecular weight is 143 g/mol. The molecule has 60 valence electrons. The predicted octanol–water partition coefficient (Wildman–Crippen LogP) is 1.16. The fraction of sp³-hybridized carbons (Fsp3) is 1.00. The molecule has 0 amide bonds. The van der Waals surface area contributed by atoms with E-state index in [-0.39, 0.29) is 5.54 Å². The molecule has 10 heavy (non-hydrogen) atoms. The molecule has 1 aliphatic rings. The highest BCUT2D eigenvalue weighted by atomic mass is 16.5. The first-order chi connectivity index (χ1) is 4.64. The lowest BCUT2D eigenvalue weighted by atomic mass is 10.0. The fourth-order valence-electron chi connectivity index (χ4n) is 1.09. The summed E-state index contributed by atoms with van der Waals surface area (Å²) in [5.74, 6) is 0. The van der Waals surface area contributed by atoms with Crippen molar-refractivity contribution in [3.05, 3.63) is 0 Å². The van der Waals surface area contributed by atoms with Gasteiger partial charge in [-0.3, -0.25) is 0 Å². The van der Waals surface area contributed by atoms with Crippen molar-refractivity contribution in [2.24, 2.45) is 0 Å². The zero-order valence-corrected chi connectivity index (χ0v) is 7.11. The van der Waals surface area contributed by atoms with Gasteiger partial charge in [-0.1, -0.05) is 6.92 Å². The van der Waals surface area contributed by atoms with Gasteiger partial charge >= 0.3 is 0 Å². The molecule has 0 bridgehead atoms. The van der Waals surface area contributed by atoms with E-state index in [1.54, 1.807) is 0 Å². The second-order valence-corrected chi connectivity index (χ2v) is 3.61. The second kappa shape index (κ2) is 2.89. The zero-order valence-electron chi connectivity index (χ0n) is 7.11. The Kier molecular flexibility index (Phi) is 2.32. The first-order valence-corrected chi connectivity index (χ1v) is 4.01. The van der Waals surface area contributed by atoms with Gasteiger partial charge in [-0.25, -0.2) is 0 Å². The summed E-state index contributed by atoms with van der Waals surface area (Å²) in [5.41, 5.74) is 0.186. The van der Waals surface area contributed by atoms with E-state index in [0.717, 1.165) is 19.6 Å². The number of hydrogen-bond donors (Lipinski definition) is 1. The Morgan fingerprint density at radius 2 is 2.30 bits per heavy atom. The van der Waals surface area contributed by atoms with E-state index in [4.69, 9.17) is 4.74 Å². The van der Waals surface area contributed by atoms with Crippen LogP contribution >= 0.6 is 0 Å². The quantitative estimate of drug-likeness (QED) is 0.595. The summed E-state index contributed by atoms with van der Waals surface area (Å²) >= 11 is 0. The Morgan fingerprint density at radius 1 is 1.60 bits per heavy atom. The molecular weight excluding hydrogens is 126 g/mol. The van der Waals surface area contributed by atoms with Gasteiger partial charge in [0.05, 0.1) is 12.7 Å². The normalized spacial score (nSPS) is 32.1. The third-order valence-electron chi connectivity index (χ3n) is 1.94. The van der Waals surface area contributed by atoms with Crippen LogP contribution in [0.25, 0.3) is 0 Å².